The highest BCUT2D eigenvalue weighted by Gasteiger charge is 2.36. The first-order valence-electron chi connectivity index (χ1n) is 11.3. The minimum Gasteiger partial charge on any atom is -0.496 e. The first kappa shape index (κ1) is 22.3. The molecule has 1 heterocycles. The summed E-state index contributed by atoms with van der Waals surface area (Å²) in [6, 6.07) is 19.2. The maximum atomic E-state index is 12.7. The van der Waals surface area contributed by atoms with E-state index in [2.05, 4.69) is 77.9 Å². The Balaban J connectivity index is 1.49. The summed E-state index contributed by atoms with van der Waals surface area (Å²) >= 11 is 0. The number of hydrogen-bond donors (Lipinski definition) is 2. The fourth-order valence-corrected chi connectivity index (χ4v) is 4.83. The lowest BCUT2D eigenvalue weighted by Gasteiger charge is -2.23. The van der Waals surface area contributed by atoms with Gasteiger partial charge in [-0.1, -0.05) is 48.5 Å². The Morgan fingerprint density at radius 3 is 2.59 bits per heavy atom. The molecule has 0 saturated carbocycles. The number of methoxy groups -OCH3 is 1. The standard InChI is InChI=1S/C27H33N3O2/c1-18-19(2)26(32-4)13-12-21(18)15-29-23-14-25(27(31)28-3)30(17-23)16-22-10-7-9-20-8-5-6-11-24(20)22/h5-13,23,25,29H,14-17H2,1-4H3,(H,28,31)/t23-,25-/m0/s1. The molecular weight excluding hydrogens is 398 g/mol. The molecule has 4 rings (SSSR count). The van der Waals surface area contributed by atoms with E-state index in [1.807, 2.05) is 6.07 Å². The lowest BCUT2D eigenvalue weighted by molar-refractivity contribution is -0.125. The molecule has 0 aromatic heterocycles. The first-order valence-corrected chi connectivity index (χ1v) is 11.3. The Morgan fingerprint density at radius 1 is 1.03 bits per heavy atom. The third-order valence-electron chi connectivity index (χ3n) is 6.86. The number of ether oxygens (including phenoxy) is 1. The van der Waals surface area contributed by atoms with E-state index in [9.17, 15) is 4.79 Å². The van der Waals surface area contributed by atoms with Crippen LogP contribution < -0.4 is 15.4 Å². The molecule has 1 saturated heterocycles. The monoisotopic (exact) mass is 431 g/mol. The van der Waals surface area contributed by atoms with Crippen molar-refractivity contribution in [2.24, 2.45) is 0 Å². The molecule has 0 aliphatic carbocycles. The molecule has 0 radical (unpaired) electrons. The smallest absolute Gasteiger partial charge is 0.237 e. The number of carbonyl (C=O) groups excluding carboxylic acids is 1. The lowest BCUT2D eigenvalue weighted by atomic mass is 10.0. The van der Waals surface area contributed by atoms with Crippen molar-refractivity contribution in [2.75, 3.05) is 20.7 Å². The summed E-state index contributed by atoms with van der Waals surface area (Å²) in [5.41, 5.74) is 4.97. The predicted molar refractivity (Wildman–Crippen MR) is 130 cm³/mol. The summed E-state index contributed by atoms with van der Waals surface area (Å²) in [6.07, 6.45) is 0.804. The quantitative estimate of drug-likeness (QED) is 0.595. The summed E-state index contributed by atoms with van der Waals surface area (Å²) in [5.74, 6) is 1.01. The van der Waals surface area contributed by atoms with Crippen molar-refractivity contribution in [3.8, 4) is 5.75 Å². The van der Waals surface area contributed by atoms with Crippen molar-refractivity contribution >= 4 is 16.7 Å². The molecule has 5 heteroatoms. The summed E-state index contributed by atoms with van der Waals surface area (Å²) in [4.78, 5) is 15.0. The van der Waals surface area contributed by atoms with Gasteiger partial charge in [0.2, 0.25) is 5.91 Å². The number of fused-ring (bicyclic) bond motifs is 1. The van der Waals surface area contributed by atoms with Crippen LogP contribution in [0.2, 0.25) is 0 Å². The van der Waals surface area contributed by atoms with Gasteiger partial charge in [-0.3, -0.25) is 9.69 Å². The molecule has 1 aliphatic rings. The van der Waals surface area contributed by atoms with Crippen LogP contribution in [-0.2, 0) is 17.9 Å². The fraction of sp³-hybridized carbons (Fsp3) is 0.370. The number of nitrogens with one attached hydrogen (secondary N) is 2. The number of carbonyl (C=O) groups is 1. The summed E-state index contributed by atoms with van der Waals surface area (Å²) < 4.78 is 5.44. The number of hydrogen-bond acceptors (Lipinski definition) is 4. The van der Waals surface area contributed by atoms with Crippen LogP contribution in [0.15, 0.2) is 54.6 Å². The first-order chi connectivity index (χ1) is 15.5. The summed E-state index contributed by atoms with van der Waals surface area (Å²) in [5, 5.41) is 9.06. The van der Waals surface area contributed by atoms with Crippen LogP contribution in [0, 0.1) is 13.8 Å². The zero-order chi connectivity index (χ0) is 22.7. The Morgan fingerprint density at radius 2 is 1.81 bits per heavy atom. The number of nitrogens with zero attached hydrogens (tertiary/aromatic N) is 1. The molecule has 32 heavy (non-hydrogen) atoms. The Bertz CT molecular complexity index is 1110. The van der Waals surface area contributed by atoms with E-state index in [0.717, 1.165) is 31.8 Å². The highest BCUT2D eigenvalue weighted by atomic mass is 16.5. The van der Waals surface area contributed by atoms with E-state index in [0.29, 0.717) is 0 Å². The van der Waals surface area contributed by atoms with E-state index < -0.39 is 0 Å². The number of amides is 1. The van der Waals surface area contributed by atoms with Crippen molar-refractivity contribution in [3.05, 3.63) is 76.9 Å². The second kappa shape index (κ2) is 9.72. The number of likely N-dealkylation sites (N-methyl/N-ethyl adjacent to an activating group) is 1. The third-order valence-corrected chi connectivity index (χ3v) is 6.86. The minimum absolute atomic E-state index is 0.0889. The average Bonchev–Trinajstić information content (AvgIpc) is 3.22. The van der Waals surface area contributed by atoms with Gasteiger partial charge in [-0.15, -0.1) is 0 Å². The number of rotatable bonds is 7. The SMILES string of the molecule is CNC(=O)[C@@H]1C[C@H](NCc2ccc(OC)c(C)c2C)CN1Cc1cccc2ccccc12. The average molecular weight is 432 g/mol. The number of benzene rings is 3. The van der Waals surface area contributed by atoms with Crippen molar-refractivity contribution in [1.82, 2.24) is 15.5 Å². The van der Waals surface area contributed by atoms with Crippen molar-refractivity contribution < 1.29 is 9.53 Å². The molecule has 0 bridgehead atoms. The Kier molecular flexibility index (Phi) is 6.77. The van der Waals surface area contributed by atoms with Gasteiger partial charge in [0, 0.05) is 32.7 Å². The van der Waals surface area contributed by atoms with Crippen LogP contribution in [-0.4, -0.2) is 43.6 Å². The molecule has 2 N–H and O–H groups in total. The summed E-state index contributed by atoms with van der Waals surface area (Å²) in [6.45, 7) is 6.63. The van der Waals surface area contributed by atoms with Crippen LogP contribution in [0.1, 0.15) is 28.7 Å². The highest BCUT2D eigenvalue weighted by Crippen LogP contribution is 2.27. The zero-order valence-corrected chi connectivity index (χ0v) is 19.4. The van der Waals surface area contributed by atoms with Crippen LogP contribution >= 0.6 is 0 Å². The molecule has 1 fully saturated rings. The predicted octanol–water partition coefficient (Wildman–Crippen LogP) is 3.94. The van der Waals surface area contributed by atoms with Crippen LogP contribution in [0.4, 0.5) is 0 Å². The largest absolute Gasteiger partial charge is 0.496 e. The van der Waals surface area contributed by atoms with Gasteiger partial charge in [-0.05, 0) is 59.4 Å². The van der Waals surface area contributed by atoms with Gasteiger partial charge in [-0.25, -0.2) is 0 Å². The van der Waals surface area contributed by atoms with Gasteiger partial charge >= 0.3 is 0 Å². The molecule has 1 aliphatic heterocycles. The van der Waals surface area contributed by atoms with Crippen LogP contribution in [0.25, 0.3) is 10.8 Å². The molecule has 0 spiro atoms. The molecule has 0 unspecified atom stereocenters. The molecule has 168 valence electrons. The molecule has 5 nitrogen and oxygen atoms in total. The topological polar surface area (TPSA) is 53.6 Å². The van der Waals surface area contributed by atoms with Crippen molar-refractivity contribution in [1.29, 1.82) is 0 Å². The lowest BCUT2D eigenvalue weighted by Crippen LogP contribution is -2.41. The molecular formula is C27H33N3O2. The van der Waals surface area contributed by atoms with Gasteiger partial charge in [0.15, 0.2) is 0 Å². The highest BCUT2D eigenvalue weighted by molar-refractivity contribution is 5.86. The van der Waals surface area contributed by atoms with E-state index in [1.54, 1.807) is 14.2 Å². The van der Waals surface area contributed by atoms with Gasteiger partial charge in [0.25, 0.3) is 0 Å². The molecule has 3 aromatic carbocycles. The third kappa shape index (κ3) is 4.50. The van der Waals surface area contributed by atoms with Crippen molar-refractivity contribution in [3.63, 3.8) is 0 Å². The minimum atomic E-state index is -0.129. The number of likely N-dealkylation sites (tertiary alicyclic amines) is 1. The van der Waals surface area contributed by atoms with E-state index in [4.69, 9.17) is 4.74 Å². The van der Waals surface area contributed by atoms with Crippen LogP contribution in [0.3, 0.4) is 0 Å². The van der Waals surface area contributed by atoms with Crippen LogP contribution in [0.5, 0.6) is 5.75 Å². The Labute approximate surface area is 190 Å². The fourth-order valence-electron chi connectivity index (χ4n) is 4.83. The Hall–Kier alpha value is -2.89. The van der Waals surface area contributed by atoms with E-state index in [1.165, 1.54) is 33.0 Å². The van der Waals surface area contributed by atoms with Gasteiger partial charge in [-0.2, -0.15) is 0 Å². The maximum Gasteiger partial charge on any atom is 0.237 e. The normalized spacial score (nSPS) is 18.8. The molecule has 1 amide bonds. The van der Waals surface area contributed by atoms with E-state index in [-0.39, 0.29) is 18.0 Å². The molecule has 3 aromatic rings. The summed E-state index contributed by atoms with van der Waals surface area (Å²) in [7, 11) is 3.43. The van der Waals surface area contributed by atoms with Crippen molar-refractivity contribution in [2.45, 2.75) is 45.4 Å². The zero-order valence-electron chi connectivity index (χ0n) is 19.4. The van der Waals surface area contributed by atoms with E-state index >= 15 is 0 Å². The molecule has 2 atom stereocenters. The van der Waals surface area contributed by atoms with Gasteiger partial charge < -0.3 is 15.4 Å². The second-order valence-corrected chi connectivity index (χ2v) is 8.69. The maximum absolute atomic E-state index is 12.7. The van der Waals surface area contributed by atoms with Gasteiger partial charge in [0.1, 0.15) is 5.75 Å². The second-order valence-electron chi connectivity index (χ2n) is 8.69. The van der Waals surface area contributed by atoms with Gasteiger partial charge in [0.05, 0.1) is 13.2 Å².